The van der Waals surface area contributed by atoms with Crippen LogP contribution in [0.1, 0.15) is 37.6 Å². The summed E-state index contributed by atoms with van der Waals surface area (Å²) < 4.78 is 0. The number of urea groups is 1. The molecule has 2 amide bonds. The first-order chi connectivity index (χ1) is 8.88. The molecule has 0 aliphatic rings. The maximum Gasteiger partial charge on any atom is 0.319 e. The van der Waals surface area contributed by atoms with E-state index < -0.39 is 6.10 Å². The number of amides is 2. The summed E-state index contributed by atoms with van der Waals surface area (Å²) in [6, 6.07) is 6.27. The summed E-state index contributed by atoms with van der Waals surface area (Å²) >= 11 is 0. The van der Waals surface area contributed by atoms with Crippen LogP contribution in [0.2, 0.25) is 0 Å². The number of ketones is 1. The van der Waals surface area contributed by atoms with Crippen molar-refractivity contribution >= 4 is 17.5 Å². The van der Waals surface area contributed by atoms with Crippen LogP contribution in [0.25, 0.3) is 0 Å². The van der Waals surface area contributed by atoms with Crippen LogP contribution in [0.15, 0.2) is 24.3 Å². The van der Waals surface area contributed by atoms with Crippen LogP contribution in [0.3, 0.4) is 0 Å². The second kappa shape index (κ2) is 6.89. The van der Waals surface area contributed by atoms with Gasteiger partial charge < -0.3 is 15.7 Å². The topological polar surface area (TPSA) is 78.4 Å². The predicted molar refractivity (Wildman–Crippen MR) is 74.4 cm³/mol. The summed E-state index contributed by atoms with van der Waals surface area (Å²) in [7, 11) is 0. The van der Waals surface area contributed by atoms with E-state index in [4.69, 9.17) is 0 Å². The highest BCUT2D eigenvalue weighted by Gasteiger charge is 2.10. The van der Waals surface area contributed by atoms with Gasteiger partial charge in [0, 0.05) is 17.3 Å². The van der Waals surface area contributed by atoms with E-state index in [1.165, 1.54) is 6.92 Å². The first-order valence-corrected chi connectivity index (χ1v) is 6.25. The van der Waals surface area contributed by atoms with Gasteiger partial charge in [0.05, 0.1) is 6.10 Å². The molecule has 5 heteroatoms. The van der Waals surface area contributed by atoms with Crippen molar-refractivity contribution in [3.05, 3.63) is 29.8 Å². The lowest BCUT2D eigenvalue weighted by atomic mass is 10.1. The molecule has 0 aromatic heterocycles. The van der Waals surface area contributed by atoms with E-state index in [-0.39, 0.29) is 17.9 Å². The highest BCUT2D eigenvalue weighted by molar-refractivity contribution is 5.96. The Labute approximate surface area is 113 Å². The minimum atomic E-state index is -0.462. The molecule has 0 aliphatic carbocycles. The molecule has 19 heavy (non-hydrogen) atoms. The number of Topliss-reactive ketones (excluding diaryl/α,β-unsaturated/α-hetero) is 1. The highest BCUT2D eigenvalue weighted by Crippen LogP contribution is 2.11. The number of anilines is 1. The molecule has 0 fully saturated rings. The molecule has 104 valence electrons. The Morgan fingerprint density at radius 2 is 2.00 bits per heavy atom. The molecule has 1 aromatic carbocycles. The van der Waals surface area contributed by atoms with Crippen molar-refractivity contribution in [2.24, 2.45) is 0 Å². The van der Waals surface area contributed by atoms with E-state index in [0.717, 1.165) is 0 Å². The normalized spacial score (nSPS) is 13.5. The summed E-state index contributed by atoms with van der Waals surface area (Å²) in [6.45, 7) is 4.97. The summed E-state index contributed by atoms with van der Waals surface area (Å²) in [4.78, 5) is 22.9. The van der Waals surface area contributed by atoms with Crippen molar-refractivity contribution < 1.29 is 14.7 Å². The molecular weight excluding hydrogens is 244 g/mol. The van der Waals surface area contributed by atoms with E-state index in [9.17, 15) is 14.7 Å². The van der Waals surface area contributed by atoms with Gasteiger partial charge >= 0.3 is 6.03 Å². The maximum atomic E-state index is 11.7. The summed E-state index contributed by atoms with van der Waals surface area (Å²) in [5.41, 5.74) is 1.12. The van der Waals surface area contributed by atoms with Crippen LogP contribution in [0, 0.1) is 0 Å². The van der Waals surface area contributed by atoms with E-state index in [0.29, 0.717) is 17.7 Å². The number of benzene rings is 1. The molecule has 0 heterocycles. The molecule has 0 radical (unpaired) electrons. The third-order valence-corrected chi connectivity index (χ3v) is 2.60. The van der Waals surface area contributed by atoms with Crippen molar-refractivity contribution in [1.29, 1.82) is 0 Å². The second-order valence-corrected chi connectivity index (χ2v) is 4.72. The number of rotatable bonds is 5. The van der Waals surface area contributed by atoms with Crippen molar-refractivity contribution in [2.75, 3.05) is 5.32 Å². The van der Waals surface area contributed by atoms with Gasteiger partial charge in [0.2, 0.25) is 0 Å². The van der Waals surface area contributed by atoms with Crippen LogP contribution in [0.5, 0.6) is 0 Å². The predicted octanol–water partition coefficient (Wildman–Crippen LogP) is 2.17. The zero-order chi connectivity index (χ0) is 14.4. The van der Waals surface area contributed by atoms with Gasteiger partial charge in [0.15, 0.2) is 5.78 Å². The largest absolute Gasteiger partial charge is 0.393 e. The lowest BCUT2D eigenvalue weighted by Crippen LogP contribution is -2.37. The van der Waals surface area contributed by atoms with Crippen molar-refractivity contribution in [3.8, 4) is 0 Å². The first-order valence-electron chi connectivity index (χ1n) is 6.25. The molecule has 0 saturated carbocycles. The molecule has 0 spiro atoms. The molecule has 1 rings (SSSR count). The van der Waals surface area contributed by atoms with Gasteiger partial charge in [-0.15, -0.1) is 0 Å². The minimum Gasteiger partial charge on any atom is -0.393 e. The average molecular weight is 264 g/mol. The van der Waals surface area contributed by atoms with E-state index in [1.54, 1.807) is 31.2 Å². The fourth-order valence-corrected chi connectivity index (χ4v) is 1.78. The molecule has 5 nitrogen and oxygen atoms in total. The number of nitrogens with one attached hydrogen (secondary N) is 2. The lowest BCUT2D eigenvalue weighted by Gasteiger charge is -2.16. The monoisotopic (exact) mass is 264 g/mol. The Hall–Kier alpha value is -1.88. The molecule has 2 unspecified atom stereocenters. The number of aliphatic hydroxyl groups excluding tert-OH is 1. The van der Waals surface area contributed by atoms with Gasteiger partial charge in [-0.3, -0.25) is 4.79 Å². The third kappa shape index (κ3) is 5.52. The molecule has 0 aliphatic heterocycles. The number of carbonyl (C=O) groups is 2. The van der Waals surface area contributed by atoms with Gasteiger partial charge in [0.1, 0.15) is 0 Å². The van der Waals surface area contributed by atoms with E-state index in [1.807, 2.05) is 6.92 Å². The summed E-state index contributed by atoms with van der Waals surface area (Å²) in [5, 5.41) is 14.6. The van der Waals surface area contributed by atoms with Crippen LogP contribution in [0.4, 0.5) is 10.5 Å². The molecular formula is C14H20N2O3. The average Bonchev–Trinajstić information content (AvgIpc) is 2.27. The molecule has 0 bridgehead atoms. The number of carbonyl (C=O) groups excluding carboxylic acids is 2. The lowest BCUT2D eigenvalue weighted by molar-refractivity contribution is 0.101. The Morgan fingerprint density at radius 3 is 2.58 bits per heavy atom. The Balaban J connectivity index is 2.57. The van der Waals surface area contributed by atoms with E-state index >= 15 is 0 Å². The highest BCUT2D eigenvalue weighted by atomic mass is 16.3. The van der Waals surface area contributed by atoms with Crippen LogP contribution < -0.4 is 10.6 Å². The van der Waals surface area contributed by atoms with E-state index in [2.05, 4.69) is 10.6 Å². The van der Waals surface area contributed by atoms with Crippen molar-refractivity contribution in [2.45, 2.75) is 39.3 Å². The molecule has 1 aromatic rings. The Kier molecular flexibility index (Phi) is 5.51. The number of hydrogen-bond donors (Lipinski definition) is 3. The maximum absolute atomic E-state index is 11.7. The molecule has 0 saturated heterocycles. The molecule has 3 N–H and O–H groups in total. The zero-order valence-corrected chi connectivity index (χ0v) is 11.4. The van der Waals surface area contributed by atoms with Gasteiger partial charge in [-0.05, 0) is 39.3 Å². The second-order valence-electron chi connectivity index (χ2n) is 4.72. The van der Waals surface area contributed by atoms with Gasteiger partial charge in [-0.25, -0.2) is 4.79 Å². The molecule has 2 atom stereocenters. The minimum absolute atomic E-state index is 0.0495. The van der Waals surface area contributed by atoms with Crippen molar-refractivity contribution in [3.63, 3.8) is 0 Å². The van der Waals surface area contributed by atoms with Crippen LogP contribution >= 0.6 is 0 Å². The standard InChI is InChI=1S/C14H20N2O3/c1-9(7-10(2)17)15-14(19)16-13-6-4-5-12(8-13)11(3)18/h4-6,8-10,17H,7H2,1-3H3,(H2,15,16,19). The third-order valence-electron chi connectivity index (χ3n) is 2.60. The van der Waals surface area contributed by atoms with Gasteiger partial charge in [-0.1, -0.05) is 12.1 Å². The Bertz CT molecular complexity index is 458. The van der Waals surface area contributed by atoms with Crippen LogP contribution in [-0.4, -0.2) is 29.1 Å². The zero-order valence-electron chi connectivity index (χ0n) is 11.4. The quantitative estimate of drug-likeness (QED) is 0.713. The Morgan fingerprint density at radius 1 is 1.32 bits per heavy atom. The smallest absolute Gasteiger partial charge is 0.319 e. The van der Waals surface area contributed by atoms with Gasteiger partial charge in [-0.2, -0.15) is 0 Å². The first kappa shape index (κ1) is 15.2. The van der Waals surface area contributed by atoms with Crippen molar-refractivity contribution in [1.82, 2.24) is 5.32 Å². The SMILES string of the molecule is CC(=O)c1cccc(NC(=O)NC(C)CC(C)O)c1. The van der Waals surface area contributed by atoms with Crippen LogP contribution in [-0.2, 0) is 0 Å². The summed E-state index contributed by atoms with van der Waals surface area (Å²) in [6.07, 6.45) is 0.0253. The van der Waals surface area contributed by atoms with Gasteiger partial charge in [0.25, 0.3) is 0 Å². The number of aliphatic hydroxyl groups is 1. The fraction of sp³-hybridized carbons (Fsp3) is 0.429. The summed E-state index contributed by atoms with van der Waals surface area (Å²) in [5.74, 6) is -0.0495. The number of hydrogen-bond acceptors (Lipinski definition) is 3. The fourth-order valence-electron chi connectivity index (χ4n) is 1.78.